The third-order valence-electron chi connectivity index (χ3n) is 4.00. The van der Waals surface area contributed by atoms with Crippen LogP contribution in [0.25, 0.3) is 0 Å². The molecule has 2 N–H and O–H groups in total. The lowest BCUT2D eigenvalue weighted by atomic mass is 9.99. The number of hydrogen-bond donors (Lipinski definition) is 2. The second-order valence-corrected chi connectivity index (χ2v) is 7.26. The zero-order valence-electron chi connectivity index (χ0n) is 14.1. The minimum absolute atomic E-state index is 0. The average Bonchev–Trinajstić information content (AvgIpc) is 3.01. The maximum Gasteiger partial charge on any atom is 0.248 e. The van der Waals surface area contributed by atoms with Gasteiger partial charge in [-0.05, 0) is 31.5 Å². The van der Waals surface area contributed by atoms with Crippen LogP contribution in [0.4, 0.5) is 0 Å². The lowest BCUT2D eigenvalue weighted by Crippen LogP contribution is -2.52. The number of methoxy groups -OCH3 is 3. The van der Waals surface area contributed by atoms with Gasteiger partial charge < -0.3 is 19.5 Å². The SMILES string of the molecule is COCC1(CNS(=O)(=O)c2c(OC)cccc2OC)CCCN1.Cl. The highest BCUT2D eigenvalue weighted by Crippen LogP contribution is 2.33. The number of rotatable bonds is 8. The van der Waals surface area contributed by atoms with E-state index in [1.807, 2.05) is 0 Å². The largest absolute Gasteiger partial charge is 0.495 e. The van der Waals surface area contributed by atoms with Gasteiger partial charge in [-0.3, -0.25) is 0 Å². The summed E-state index contributed by atoms with van der Waals surface area (Å²) >= 11 is 0. The minimum Gasteiger partial charge on any atom is -0.495 e. The molecule has 9 heteroatoms. The van der Waals surface area contributed by atoms with E-state index in [-0.39, 0.29) is 40.9 Å². The van der Waals surface area contributed by atoms with Crippen LogP contribution in [0.1, 0.15) is 12.8 Å². The van der Waals surface area contributed by atoms with Crippen LogP contribution < -0.4 is 19.5 Å². The van der Waals surface area contributed by atoms with Gasteiger partial charge in [-0.2, -0.15) is 0 Å². The van der Waals surface area contributed by atoms with Crippen LogP contribution in [-0.4, -0.2) is 55.0 Å². The van der Waals surface area contributed by atoms with Crippen molar-refractivity contribution in [3.63, 3.8) is 0 Å². The molecule has 0 radical (unpaired) electrons. The first-order chi connectivity index (χ1) is 11.0. The maximum absolute atomic E-state index is 12.8. The van der Waals surface area contributed by atoms with Crippen molar-refractivity contribution in [1.82, 2.24) is 10.0 Å². The van der Waals surface area contributed by atoms with Gasteiger partial charge in [0, 0.05) is 13.7 Å². The van der Waals surface area contributed by atoms with E-state index in [1.54, 1.807) is 25.3 Å². The van der Waals surface area contributed by atoms with Crippen molar-refractivity contribution < 1.29 is 22.6 Å². The van der Waals surface area contributed by atoms with E-state index in [4.69, 9.17) is 14.2 Å². The van der Waals surface area contributed by atoms with Gasteiger partial charge >= 0.3 is 0 Å². The van der Waals surface area contributed by atoms with Gasteiger partial charge in [0.1, 0.15) is 11.5 Å². The molecule has 1 aromatic rings. The average molecular weight is 381 g/mol. The van der Waals surface area contributed by atoms with E-state index in [9.17, 15) is 8.42 Å². The molecular weight excluding hydrogens is 356 g/mol. The Balaban J connectivity index is 0.00000288. The van der Waals surface area contributed by atoms with E-state index < -0.39 is 10.0 Å². The summed E-state index contributed by atoms with van der Waals surface area (Å²) in [7, 11) is 0.684. The topological polar surface area (TPSA) is 85.9 Å². The predicted octanol–water partition coefficient (Wildman–Crippen LogP) is 1.17. The van der Waals surface area contributed by atoms with Crippen molar-refractivity contribution in [2.45, 2.75) is 23.3 Å². The Morgan fingerprint density at radius 3 is 2.29 bits per heavy atom. The molecule has 0 saturated carbocycles. The fourth-order valence-corrected chi connectivity index (χ4v) is 4.30. The van der Waals surface area contributed by atoms with Gasteiger partial charge in [-0.25, -0.2) is 13.1 Å². The molecular formula is C15H25ClN2O5S. The first-order valence-electron chi connectivity index (χ1n) is 7.43. The van der Waals surface area contributed by atoms with E-state index in [0.717, 1.165) is 19.4 Å². The Labute approximate surface area is 149 Å². The monoisotopic (exact) mass is 380 g/mol. The molecule has 1 aromatic carbocycles. The molecule has 1 aliphatic heterocycles. The molecule has 7 nitrogen and oxygen atoms in total. The number of halogens is 1. The van der Waals surface area contributed by atoms with Crippen LogP contribution >= 0.6 is 12.4 Å². The Morgan fingerprint density at radius 2 is 1.83 bits per heavy atom. The maximum atomic E-state index is 12.8. The van der Waals surface area contributed by atoms with Crippen LogP contribution in [-0.2, 0) is 14.8 Å². The number of nitrogens with one attached hydrogen (secondary N) is 2. The van der Waals surface area contributed by atoms with Gasteiger partial charge in [0.15, 0.2) is 4.90 Å². The van der Waals surface area contributed by atoms with E-state index >= 15 is 0 Å². The molecule has 1 fully saturated rings. The lowest BCUT2D eigenvalue weighted by molar-refractivity contribution is 0.122. The molecule has 1 unspecified atom stereocenters. The van der Waals surface area contributed by atoms with Gasteiger partial charge in [0.25, 0.3) is 0 Å². The quantitative estimate of drug-likeness (QED) is 0.704. The highest BCUT2D eigenvalue weighted by Gasteiger charge is 2.36. The smallest absolute Gasteiger partial charge is 0.248 e. The first kappa shape index (κ1) is 21.0. The number of sulfonamides is 1. The number of hydrogen-bond acceptors (Lipinski definition) is 6. The molecule has 1 aliphatic rings. The molecule has 1 saturated heterocycles. The molecule has 0 aromatic heterocycles. The fourth-order valence-electron chi connectivity index (χ4n) is 2.86. The molecule has 0 amide bonds. The molecule has 1 atom stereocenters. The highest BCUT2D eigenvalue weighted by atomic mass is 35.5. The number of ether oxygens (including phenoxy) is 3. The Bertz CT molecular complexity index is 611. The van der Waals surface area contributed by atoms with Gasteiger partial charge in [-0.1, -0.05) is 6.07 Å². The summed E-state index contributed by atoms with van der Waals surface area (Å²) < 4.78 is 43.8. The first-order valence-corrected chi connectivity index (χ1v) is 8.91. The summed E-state index contributed by atoms with van der Waals surface area (Å²) in [4.78, 5) is 0.00978. The molecule has 2 rings (SSSR count). The highest BCUT2D eigenvalue weighted by molar-refractivity contribution is 7.89. The molecule has 24 heavy (non-hydrogen) atoms. The Morgan fingerprint density at radius 1 is 1.21 bits per heavy atom. The fraction of sp³-hybridized carbons (Fsp3) is 0.600. The van der Waals surface area contributed by atoms with E-state index in [1.165, 1.54) is 14.2 Å². The van der Waals surface area contributed by atoms with Crippen molar-refractivity contribution in [2.75, 3.05) is 41.0 Å². The Kier molecular flexibility index (Phi) is 7.75. The minimum atomic E-state index is -3.79. The predicted molar refractivity (Wildman–Crippen MR) is 93.8 cm³/mol. The van der Waals surface area contributed by atoms with E-state index in [2.05, 4.69) is 10.0 Å². The molecule has 138 valence electrons. The van der Waals surface area contributed by atoms with Crippen molar-refractivity contribution in [2.24, 2.45) is 0 Å². The van der Waals surface area contributed by atoms with Gasteiger partial charge in [-0.15, -0.1) is 12.4 Å². The van der Waals surface area contributed by atoms with Crippen molar-refractivity contribution >= 4 is 22.4 Å². The standard InChI is InChI=1S/C15H24N2O5S.ClH/c1-20-11-15(8-5-9-16-15)10-17-23(18,19)14-12(21-2)6-4-7-13(14)22-3;/h4,6-7,16-17H,5,8-11H2,1-3H3;1H. The van der Waals surface area contributed by atoms with Crippen LogP contribution in [0.15, 0.2) is 23.1 Å². The zero-order chi connectivity index (χ0) is 16.9. The summed E-state index contributed by atoms with van der Waals surface area (Å²) in [6, 6.07) is 4.87. The Hall–Kier alpha value is -1.06. The summed E-state index contributed by atoms with van der Waals surface area (Å²) in [6.07, 6.45) is 1.84. The third kappa shape index (κ3) is 4.52. The summed E-state index contributed by atoms with van der Waals surface area (Å²) in [6.45, 7) is 1.53. The third-order valence-corrected chi connectivity index (χ3v) is 5.47. The van der Waals surface area contributed by atoms with Gasteiger partial charge in [0.05, 0.1) is 26.4 Å². The number of benzene rings is 1. The zero-order valence-corrected chi connectivity index (χ0v) is 15.8. The van der Waals surface area contributed by atoms with Gasteiger partial charge in [0.2, 0.25) is 10.0 Å². The van der Waals surface area contributed by atoms with E-state index in [0.29, 0.717) is 6.61 Å². The normalized spacial score (nSPS) is 20.5. The van der Waals surface area contributed by atoms with Crippen LogP contribution in [0.2, 0.25) is 0 Å². The molecule has 1 heterocycles. The second-order valence-electron chi connectivity index (χ2n) is 5.56. The van der Waals surface area contributed by atoms with Crippen molar-refractivity contribution in [1.29, 1.82) is 0 Å². The summed E-state index contributed by atoms with van der Waals surface area (Å²) in [5.41, 5.74) is -0.378. The second kappa shape index (κ2) is 8.87. The van der Waals surface area contributed by atoms with Crippen LogP contribution in [0, 0.1) is 0 Å². The molecule has 0 spiro atoms. The molecule has 0 aliphatic carbocycles. The van der Waals surface area contributed by atoms with Crippen LogP contribution in [0.3, 0.4) is 0 Å². The lowest BCUT2D eigenvalue weighted by Gasteiger charge is -2.29. The molecule has 0 bridgehead atoms. The van der Waals surface area contributed by atoms with Crippen molar-refractivity contribution in [3.8, 4) is 11.5 Å². The summed E-state index contributed by atoms with van der Waals surface area (Å²) in [5.74, 6) is 0.494. The van der Waals surface area contributed by atoms with Crippen molar-refractivity contribution in [3.05, 3.63) is 18.2 Å². The van der Waals surface area contributed by atoms with Crippen LogP contribution in [0.5, 0.6) is 11.5 Å². The summed E-state index contributed by atoms with van der Waals surface area (Å²) in [5, 5.41) is 3.34.